The largest absolute Gasteiger partial charge is 0.381 e. The van der Waals surface area contributed by atoms with Crippen LogP contribution in [0.2, 0.25) is 0 Å². The van der Waals surface area contributed by atoms with E-state index in [-0.39, 0.29) is 5.69 Å². The predicted molar refractivity (Wildman–Crippen MR) is 96.6 cm³/mol. The van der Waals surface area contributed by atoms with Crippen LogP contribution in [-0.2, 0) is 11.3 Å². The van der Waals surface area contributed by atoms with Gasteiger partial charge in [0.25, 0.3) is 0 Å². The van der Waals surface area contributed by atoms with Gasteiger partial charge < -0.3 is 4.74 Å². The maximum Gasteiger partial charge on any atom is 0.334 e. The molecule has 0 N–H and O–H groups in total. The number of aromatic nitrogens is 3. The average molecular weight is 388 g/mol. The first-order valence-corrected chi connectivity index (χ1v) is 8.93. The smallest absolute Gasteiger partial charge is 0.334 e. The van der Waals surface area contributed by atoms with Gasteiger partial charge in [0.15, 0.2) is 5.65 Å². The van der Waals surface area contributed by atoms with Crippen molar-refractivity contribution in [2.45, 2.75) is 19.4 Å². The van der Waals surface area contributed by atoms with Crippen LogP contribution in [0.25, 0.3) is 16.9 Å². The number of hydrogen-bond donors (Lipinski definition) is 0. The maximum atomic E-state index is 13.1. The number of hydrogen-bond acceptors (Lipinski definition) is 3. The van der Waals surface area contributed by atoms with Gasteiger partial charge in [-0.25, -0.2) is 14.3 Å². The molecule has 24 heavy (non-hydrogen) atoms. The maximum absolute atomic E-state index is 13.1. The summed E-state index contributed by atoms with van der Waals surface area (Å²) in [6.07, 6.45) is 3.72. The average Bonchev–Trinajstić information content (AvgIpc) is 2.88. The van der Waals surface area contributed by atoms with E-state index in [1.54, 1.807) is 10.8 Å². The molecule has 124 valence electrons. The number of fused-ring (bicyclic) bond motifs is 1. The van der Waals surface area contributed by atoms with Crippen LogP contribution >= 0.6 is 15.9 Å². The number of nitrogens with zero attached hydrogens (tertiary/aromatic N) is 3. The Kier molecular flexibility index (Phi) is 4.24. The second-order valence-corrected chi connectivity index (χ2v) is 7.03. The number of halogens is 1. The highest BCUT2D eigenvalue weighted by atomic mass is 79.9. The van der Waals surface area contributed by atoms with Crippen molar-refractivity contribution >= 4 is 27.1 Å². The summed E-state index contributed by atoms with van der Waals surface area (Å²) in [5.74, 6) is 0.463. The summed E-state index contributed by atoms with van der Waals surface area (Å²) in [5, 5.41) is 0. The molecule has 4 rings (SSSR count). The van der Waals surface area contributed by atoms with Crippen molar-refractivity contribution in [1.82, 2.24) is 14.1 Å². The SMILES string of the molecule is O=c1n(CC2CCOCC2)c2cc(Br)cnc2n1-c1ccccc1. The Labute approximate surface area is 148 Å². The van der Waals surface area contributed by atoms with E-state index in [0.717, 1.165) is 41.7 Å². The van der Waals surface area contributed by atoms with Crippen molar-refractivity contribution in [2.75, 3.05) is 13.2 Å². The van der Waals surface area contributed by atoms with E-state index in [4.69, 9.17) is 4.74 Å². The molecule has 6 heteroatoms. The lowest BCUT2D eigenvalue weighted by Crippen LogP contribution is -2.28. The van der Waals surface area contributed by atoms with Crippen LogP contribution in [0, 0.1) is 5.92 Å². The highest BCUT2D eigenvalue weighted by Gasteiger charge is 2.20. The molecular formula is C18H18BrN3O2. The molecule has 0 aliphatic carbocycles. The van der Waals surface area contributed by atoms with Gasteiger partial charge in [-0.15, -0.1) is 0 Å². The third-order valence-corrected chi connectivity index (χ3v) is 4.97. The van der Waals surface area contributed by atoms with Crippen molar-refractivity contribution in [3.05, 3.63) is 57.6 Å². The Balaban J connectivity index is 1.88. The van der Waals surface area contributed by atoms with Gasteiger partial charge in [0.2, 0.25) is 0 Å². The lowest BCUT2D eigenvalue weighted by Gasteiger charge is -2.22. The lowest BCUT2D eigenvalue weighted by atomic mass is 10.0. The molecular weight excluding hydrogens is 370 g/mol. The highest BCUT2D eigenvalue weighted by molar-refractivity contribution is 9.10. The minimum absolute atomic E-state index is 0.0340. The number of imidazole rings is 1. The van der Waals surface area contributed by atoms with Gasteiger partial charge in [0.05, 0.1) is 11.2 Å². The van der Waals surface area contributed by atoms with Crippen LogP contribution < -0.4 is 5.69 Å². The Morgan fingerprint density at radius 2 is 1.96 bits per heavy atom. The summed E-state index contributed by atoms with van der Waals surface area (Å²) in [5.41, 5.74) is 2.37. The standard InChI is InChI=1S/C18H18BrN3O2/c19-14-10-16-17(20-11-14)22(15-4-2-1-3-5-15)18(23)21(16)12-13-6-8-24-9-7-13/h1-5,10-11,13H,6-9,12H2. The Bertz CT molecular complexity index is 911. The van der Waals surface area contributed by atoms with Crippen LogP contribution in [0.4, 0.5) is 0 Å². The number of para-hydroxylation sites is 1. The fourth-order valence-corrected chi connectivity index (χ4v) is 3.60. The number of ether oxygens (including phenoxy) is 1. The van der Waals surface area contributed by atoms with E-state index >= 15 is 0 Å². The van der Waals surface area contributed by atoms with Crippen molar-refractivity contribution in [2.24, 2.45) is 5.92 Å². The first-order valence-electron chi connectivity index (χ1n) is 8.14. The van der Waals surface area contributed by atoms with Crippen LogP contribution in [0.3, 0.4) is 0 Å². The molecule has 3 aromatic rings. The quantitative estimate of drug-likeness (QED) is 0.691. The zero-order valence-electron chi connectivity index (χ0n) is 13.2. The Morgan fingerprint density at radius 3 is 2.71 bits per heavy atom. The number of rotatable bonds is 3. The summed E-state index contributed by atoms with van der Waals surface area (Å²) in [6.45, 7) is 2.26. The molecule has 0 radical (unpaired) electrons. The molecule has 0 spiro atoms. The van der Waals surface area contributed by atoms with E-state index in [0.29, 0.717) is 18.1 Å². The first kappa shape index (κ1) is 15.6. The van der Waals surface area contributed by atoms with Gasteiger partial charge in [-0.2, -0.15) is 0 Å². The summed E-state index contributed by atoms with van der Waals surface area (Å²) >= 11 is 3.47. The van der Waals surface area contributed by atoms with E-state index in [1.165, 1.54) is 0 Å². The van der Waals surface area contributed by atoms with E-state index in [2.05, 4.69) is 20.9 Å². The molecule has 0 unspecified atom stereocenters. The Morgan fingerprint density at radius 1 is 1.21 bits per heavy atom. The fraction of sp³-hybridized carbons (Fsp3) is 0.333. The van der Waals surface area contributed by atoms with E-state index in [1.807, 2.05) is 41.0 Å². The number of pyridine rings is 1. The number of benzene rings is 1. The fourth-order valence-electron chi connectivity index (χ4n) is 3.28. The van der Waals surface area contributed by atoms with Crippen LogP contribution in [-0.4, -0.2) is 27.3 Å². The molecule has 0 bridgehead atoms. The summed E-state index contributed by atoms with van der Waals surface area (Å²) in [4.78, 5) is 17.6. The zero-order chi connectivity index (χ0) is 16.5. The van der Waals surface area contributed by atoms with Crippen LogP contribution in [0.1, 0.15) is 12.8 Å². The molecule has 2 aromatic heterocycles. The predicted octanol–water partition coefficient (Wildman–Crippen LogP) is 3.38. The molecule has 1 aromatic carbocycles. The van der Waals surface area contributed by atoms with Crippen molar-refractivity contribution in [1.29, 1.82) is 0 Å². The van der Waals surface area contributed by atoms with Crippen molar-refractivity contribution < 1.29 is 4.74 Å². The lowest BCUT2D eigenvalue weighted by molar-refractivity contribution is 0.0613. The highest BCUT2D eigenvalue weighted by Crippen LogP contribution is 2.23. The van der Waals surface area contributed by atoms with Crippen molar-refractivity contribution in [3.8, 4) is 5.69 Å². The van der Waals surface area contributed by atoms with Gasteiger partial charge in [0.1, 0.15) is 0 Å². The summed E-state index contributed by atoms with van der Waals surface area (Å²) < 4.78 is 9.86. The molecule has 0 amide bonds. The monoisotopic (exact) mass is 387 g/mol. The minimum atomic E-state index is -0.0340. The molecule has 1 aliphatic rings. The van der Waals surface area contributed by atoms with Gasteiger partial charge >= 0.3 is 5.69 Å². The molecule has 0 saturated carbocycles. The van der Waals surface area contributed by atoms with Gasteiger partial charge in [-0.05, 0) is 52.9 Å². The molecule has 3 heterocycles. The van der Waals surface area contributed by atoms with E-state index in [9.17, 15) is 4.79 Å². The first-order chi connectivity index (χ1) is 11.7. The summed E-state index contributed by atoms with van der Waals surface area (Å²) in [6, 6.07) is 11.7. The third kappa shape index (κ3) is 2.80. The molecule has 1 fully saturated rings. The van der Waals surface area contributed by atoms with Crippen LogP contribution in [0.15, 0.2) is 51.9 Å². The molecule has 1 aliphatic heterocycles. The zero-order valence-corrected chi connectivity index (χ0v) is 14.8. The second kappa shape index (κ2) is 6.53. The third-order valence-electron chi connectivity index (χ3n) is 4.53. The van der Waals surface area contributed by atoms with Crippen molar-refractivity contribution in [3.63, 3.8) is 0 Å². The van der Waals surface area contributed by atoms with E-state index < -0.39 is 0 Å². The molecule has 0 atom stereocenters. The normalized spacial score (nSPS) is 15.9. The second-order valence-electron chi connectivity index (χ2n) is 6.12. The van der Waals surface area contributed by atoms with Gasteiger partial charge in [-0.1, -0.05) is 18.2 Å². The minimum Gasteiger partial charge on any atom is -0.381 e. The Hall–Kier alpha value is -1.92. The van der Waals surface area contributed by atoms with Gasteiger partial charge in [-0.3, -0.25) is 4.57 Å². The molecule has 1 saturated heterocycles. The molecule has 5 nitrogen and oxygen atoms in total. The van der Waals surface area contributed by atoms with Crippen LogP contribution in [0.5, 0.6) is 0 Å². The topological polar surface area (TPSA) is 49.1 Å². The summed E-state index contributed by atoms with van der Waals surface area (Å²) in [7, 11) is 0. The van der Waals surface area contributed by atoms with Gasteiger partial charge in [0, 0.05) is 30.4 Å².